The van der Waals surface area contributed by atoms with Crippen LogP contribution in [0.4, 0.5) is 13.2 Å². The molecule has 2 aliphatic carbocycles. The highest BCUT2D eigenvalue weighted by Gasteiger charge is 2.55. The Morgan fingerprint density at radius 1 is 1.11 bits per heavy atom. The first-order chi connectivity index (χ1) is 16.6. The van der Waals surface area contributed by atoms with E-state index in [0.717, 1.165) is 18.5 Å². The monoisotopic (exact) mass is 490 g/mol. The lowest BCUT2D eigenvalue weighted by Gasteiger charge is -2.40. The van der Waals surface area contributed by atoms with Crippen LogP contribution in [0.5, 0.6) is 0 Å². The number of piperidine rings is 1. The summed E-state index contributed by atoms with van der Waals surface area (Å²) in [5.41, 5.74) is 2.08. The number of alkyl halides is 3. The second-order valence-corrected chi connectivity index (χ2v) is 10.2. The van der Waals surface area contributed by atoms with Crippen LogP contribution in [-0.2, 0) is 4.79 Å². The summed E-state index contributed by atoms with van der Waals surface area (Å²) in [6.07, 6.45) is 0.905. The van der Waals surface area contributed by atoms with Gasteiger partial charge in [0.15, 0.2) is 5.69 Å². The summed E-state index contributed by atoms with van der Waals surface area (Å²) in [6.45, 7) is 2.31. The van der Waals surface area contributed by atoms with Gasteiger partial charge in [0.05, 0.1) is 17.3 Å². The molecule has 2 aromatic heterocycles. The van der Waals surface area contributed by atoms with Crippen LogP contribution in [0, 0.1) is 18.8 Å². The summed E-state index contributed by atoms with van der Waals surface area (Å²) in [5, 5.41) is 10.1. The molecule has 3 heterocycles. The number of carbonyl (C=O) groups excluding carboxylic acids is 2. The molecule has 2 aromatic rings. The summed E-state index contributed by atoms with van der Waals surface area (Å²) < 4.78 is 38.7. The minimum atomic E-state index is -4.16. The molecule has 188 valence electrons. The molecule has 0 radical (unpaired) electrons. The van der Waals surface area contributed by atoms with Crippen molar-refractivity contribution in [3.05, 3.63) is 29.8 Å². The van der Waals surface area contributed by atoms with Crippen LogP contribution in [0.1, 0.15) is 67.5 Å². The predicted molar refractivity (Wildman–Crippen MR) is 120 cm³/mol. The number of halogens is 3. The SMILES string of the molecule is Cc1cc(-c2cc(C(=O)N3CC[C@@H](C(=O)N[C@H]4CC[C@H](C(F)(F)F)CC4)CC34CC4)n[nH]2)ncn1. The summed E-state index contributed by atoms with van der Waals surface area (Å²) in [7, 11) is 0. The lowest BCUT2D eigenvalue weighted by atomic mass is 9.84. The van der Waals surface area contributed by atoms with Crippen molar-refractivity contribution < 1.29 is 22.8 Å². The largest absolute Gasteiger partial charge is 0.391 e. The maximum Gasteiger partial charge on any atom is 0.391 e. The summed E-state index contributed by atoms with van der Waals surface area (Å²) >= 11 is 0. The van der Waals surface area contributed by atoms with Gasteiger partial charge >= 0.3 is 6.18 Å². The fourth-order valence-corrected chi connectivity index (χ4v) is 5.54. The molecule has 0 bridgehead atoms. The zero-order valence-electron chi connectivity index (χ0n) is 19.6. The molecular weight excluding hydrogens is 461 g/mol. The van der Waals surface area contributed by atoms with Crippen LogP contribution in [0.15, 0.2) is 18.5 Å². The minimum Gasteiger partial charge on any atom is -0.353 e. The number of amides is 2. The molecule has 3 fully saturated rings. The lowest BCUT2D eigenvalue weighted by Crippen LogP contribution is -2.52. The van der Waals surface area contributed by atoms with Crippen molar-refractivity contribution >= 4 is 11.8 Å². The predicted octanol–water partition coefficient (Wildman–Crippen LogP) is 3.80. The third kappa shape index (κ3) is 4.90. The number of nitrogens with one attached hydrogen (secondary N) is 2. The second-order valence-electron chi connectivity index (χ2n) is 10.2. The molecular formula is C24H29F3N6O2. The van der Waals surface area contributed by atoms with E-state index in [0.29, 0.717) is 49.3 Å². The first-order valence-corrected chi connectivity index (χ1v) is 12.2. The Hall–Kier alpha value is -2.98. The van der Waals surface area contributed by atoms with Crippen molar-refractivity contribution in [3.63, 3.8) is 0 Å². The molecule has 2 N–H and O–H groups in total. The number of H-pyrrole nitrogens is 1. The van der Waals surface area contributed by atoms with Crippen LogP contribution in [0.2, 0.25) is 0 Å². The van der Waals surface area contributed by atoms with Crippen LogP contribution < -0.4 is 5.32 Å². The molecule has 2 amide bonds. The van der Waals surface area contributed by atoms with E-state index in [1.165, 1.54) is 6.33 Å². The van der Waals surface area contributed by atoms with Crippen molar-refractivity contribution in [3.8, 4) is 11.4 Å². The van der Waals surface area contributed by atoms with Gasteiger partial charge in [0.2, 0.25) is 5.91 Å². The normalized spacial score (nSPS) is 25.9. The number of aromatic amines is 1. The molecule has 1 saturated heterocycles. The summed E-state index contributed by atoms with van der Waals surface area (Å²) in [5.74, 6) is -1.76. The average Bonchev–Trinajstić information content (AvgIpc) is 3.39. The Balaban J connectivity index is 1.19. The molecule has 8 nitrogen and oxygen atoms in total. The molecule has 0 aromatic carbocycles. The van der Waals surface area contributed by atoms with Gasteiger partial charge in [-0.05, 0) is 70.4 Å². The van der Waals surface area contributed by atoms with Gasteiger partial charge in [-0.25, -0.2) is 9.97 Å². The van der Waals surface area contributed by atoms with Crippen molar-refractivity contribution in [2.75, 3.05) is 6.54 Å². The molecule has 1 spiro atoms. The van der Waals surface area contributed by atoms with E-state index in [9.17, 15) is 22.8 Å². The zero-order chi connectivity index (χ0) is 24.8. The highest BCUT2D eigenvalue weighted by atomic mass is 19.4. The first kappa shape index (κ1) is 23.7. The first-order valence-electron chi connectivity index (χ1n) is 12.2. The Labute approximate surface area is 201 Å². The van der Waals surface area contributed by atoms with Gasteiger partial charge < -0.3 is 10.2 Å². The van der Waals surface area contributed by atoms with Gasteiger partial charge in [-0.1, -0.05) is 0 Å². The Morgan fingerprint density at radius 3 is 2.51 bits per heavy atom. The molecule has 2 saturated carbocycles. The maximum absolute atomic E-state index is 13.3. The molecule has 3 aliphatic rings. The highest BCUT2D eigenvalue weighted by Crippen LogP contribution is 2.50. The van der Waals surface area contributed by atoms with Gasteiger partial charge in [0, 0.05) is 29.7 Å². The van der Waals surface area contributed by atoms with Crippen LogP contribution in [-0.4, -0.2) is 61.2 Å². The molecule has 11 heteroatoms. The van der Waals surface area contributed by atoms with Crippen LogP contribution in [0.3, 0.4) is 0 Å². The average molecular weight is 491 g/mol. The van der Waals surface area contributed by atoms with E-state index in [4.69, 9.17) is 0 Å². The highest BCUT2D eigenvalue weighted by molar-refractivity contribution is 5.94. The Morgan fingerprint density at radius 2 is 1.86 bits per heavy atom. The third-order valence-electron chi connectivity index (χ3n) is 7.76. The minimum absolute atomic E-state index is 0.0611. The standard InChI is InChI=1S/C24H29F3N6O2/c1-14-10-18(29-13-28-14)19-11-20(32-31-19)22(35)33-9-6-15(12-23(33)7-8-23)21(34)30-17-4-2-16(3-5-17)24(25,26)27/h10-11,13,15-17H,2-9,12H2,1H3,(H,30,34)(H,31,32)/t15-,16-,17-/m1/s1. The number of aromatic nitrogens is 4. The maximum atomic E-state index is 13.3. The van der Waals surface area contributed by atoms with E-state index < -0.39 is 12.1 Å². The third-order valence-corrected chi connectivity index (χ3v) is 7.76. The topological polar surface area (TPSA) is 104 Å². The van der Waals surface area contributed by atoms with Gasteiger partial charge in [-0.2, -0.15) is 18.3 Å². The van der Waals surface area contributed by atoms with Crippen LogP contribution >= 0.6 is 0 Å². The number of hydrogen-bond donors (Lipinski definition) is 2. The van der Waals surface area contributed by atoms with Crippen molar-refractivity contribution in [1.29, 1.82) is 0 Å². The summed E-state index contributed by atoms with van der Waals surface area (Å²) in [6, 6.07) is 3.30. The summed E-state index contributed by atoms with van der Waals surface area (Å²) in [4.78, 5) is 36.4. The van der Waals surface area contributed by atoms with E-state index >= 15 is 0 Å². The number of likely N-dealkylation sites (tertiary alicyclic amines) is 1. The smallest absolute Gasteiger partial charge is 0.353 e. The quantitative estimate of drug-likeness (QED) is 0.679. The van der Waals surface area contributed by atoms with Crippen molar-refractivity contribution in [2.45, 2.75) is 76.0 Å². The number of aryl methyl sites for hydroxylation is 1. The molecule has 5 rings (SSSR count). The zero-order valence-corrected chi connectivity index (χ0v) is 19.6. The van der Waals surface area contributed by atoms with E-state index in [1.807, 2.05) is 17.9 Å². The molecule has 0 unspecified atom stereocenters. The fourth-order valence-electron chi connectivity index (χ4n) is 5.54. The van der Waals surface area contributed by atoms with E-state index in [2.05, 4.69) is 25.5 Å². The fraction of sp³-hybridized carbons (Fsp3) is 0.625. The number of nitrogens with zero attached hydrogens (tertiary/aromatic N) is 4. The molecule has 35 heavy (non-hydrogen) atoms. The van der Waals surface area contributed by atoms with Crippen LogP contribution in [0.25, 0.3) is 11.4 Å². The number of rotatable bonds is 4. The second kappa shape index (κ2) is 8.91. The van der Waals surface area contributed by atoms with Crippen molar-refractivity contribution in [1.82, 2.24) is 30.4 Å². The van der Waals surface area contributed by atoms with Gasteiger partial charge in [-0.3, -0.25) is 14.7 Å². The van der Waals surface area contributed by atoms with E-state index in [1.54, 1.807) is 6.07 Å². The Kier molecular flexibility index (Phi) is 6.04. The lowest BCUT2D eigenvalue weighted by molar-refractivity contribution is -0.182. The number of carbonyl (C=O) groups is 2. The van der Waals surface area contributed by atoms with Gasteiger partial charge in [-0.15, -0.1) is 0 Å². The Bertz CT molecular complexity index is 1100. The van der Waals surface area contributed by atoms with E-state index in [-0.39, 0.29) is 42.2 Å². The number of hydrogen-bond acceptors (Lipinski definition) is 5. The molecule has 1 atom stereocenters. The molecule has 1 aliphatic heterocycles. The van der Waals surface area contributed by atoms with Gasteiger partial charge in [0.25, 0.3) is 5.91 Å². The van der Waals surface area contributed by atoms with Crippen molar-refractivity contribution in [2.24, 2.45) is 11.8 Å². The van der Waals surface area contributed by atoms with Gasteiger partial charge in [0.1, 0.15) is 6.33 Å².